The van der Waals surface area contributed by atoms with E-state index in [0.717, 1.165) is 0 Å². The van der Waals surface area contributed by atoms with Gasteiger partial charge >= 0.3 is 5.97 Å². The molecule has 0 aliphatic heterocycles. The summed E-state index contributed by atoms with van der Waals surface area (Å²) < 4.78 is 16.9. The Bertz CT molecular complexity index is 870. The second-order valence-electron chi connectivity index (χ2n) is 9.63. The van der Waals surface area contributed by atoms with Crippen LogP contribution in [0.2, 0.25) is 0 Å². The highest BCUT2D eigenvalue weighted by Gasteiger charge is 2.73. The number of oxime groups is 1. The number of halogens is 1. The second-order valence-corrected chi connectivity index (χ2v) is 9.63. The van der Waals surface area contributed by atoms with Crippen molar-refractivity contribution in [1.82, 2.24) is 0 Å². The summed E-state index contributed by atoms with van der Waals surface area (Å²) in [6.45, 7) is 1.74. The summed E-state index contributed by atoms with van der Waals surface area (Å²) >= 11 is 0. The van der Waals surface area contributed by atoms with E-state index in [-0.39, 0.29) is 44.3 Å². The average Bonchev–Trinajstić information content (AvgIpc) is 2.95. The molecule has 0 bridgehead atoms. The molecule has 4 rings (SSSR count). The van der Waals surface area contributed by atoms with Crippen molar-refractivity contribution in [3.05, 3.63) is 23.8 Å². The van der Waals surface area contributed by atoms with Gasteiger partial charge in [-0.2, -0.15) is 0 Å². The first-order chi connectivity index (χ1) is 14.0. The van der Waals surface area contributed by atoms with E-state index in [1.165, 1.54) is 12.3 Å². The maximum Gasteiger partial charge on any atom is 0.303 e. The molecule has 1 unspecified atom stereocenters. The summed E-state index contributed by atoms with van der Waals surface area (Å²) in [5, 5.41) is 44.3. The summed E-state index contributed by atoms with van der Waals surface area (Å²) in [6, 6.07) is 0. The van der Waals surface area contributed by atoms with Gasteiger partial charge in [0.2, 0.25) is 0 Å². The van der Waals surface area contributed by atoms with Crippen LogP contribution in [-0.2, 0) is 9.59 Å². The van der Waals surface area contributed by atoms with E-state index >= 15 is 4.39 Å². The summed E-state index contributed by atoms with van der Waals surface area (Å²) in [5.41, 5.74) is -5.31. The molecule has 0 amide bonds. The minimum atomic E-state index is -2.05. The SMILES string of the molecule is C[C@]12CCC(=O)C=C1C=C[C@H]1[C@@H]3CC[C@](O)(CCC(=O)O)[C@@]3(C=NO)CC(O)[C@@]12F. The number of carbonyl (C=O) groups excluding carboxylic acids is 1. The minimum absolute atomic E-state index is 0.0647. The van der Waals surface area contributed by atoms with Crippen LogP contribution in [0.1, 0.15) is 51.9 Å². The number of hydrogen-bond acceptors (Lipinski definition) is 6. The Kier molecular flexibility index (Phi) is 4.74. The van der Waals surface area contributed by atoms with Gasteiger partial charge in [0.05, 0.1) is 17.9 Å². The lowest BCUT2D eigenvalue weighted by Crippen LogP contribution is -2.68. The number of fused-ring (bicyclic) bond motifs is 5. The predicted octanol–water partition coefficient (Wildman–Crippen LogP) is 2.39. The highest BCUT2D eigenvalue weighted by atomic mass is 19.1. The number of ketones is 1. The number of allylic oxidation sites excluding steroid dienone is 4. The normalized spacial score (nSPS) is 47.5. The number of aliphatic carboxylic acids is 1. The first kappa shape index (κ1) is 21.2. The van der Waals surface area contributed by atoms with Gasteiger partial charge in [0.1, 0.15) is 0 Å². The number of aliphatic hydroxyl groups excluding tert-OH is 1. The van der Waals surface area contributed by atoms with Crippen LogP contribution in [-0.4, -0.2) is 55.9 Å². The first-order valence-corrected chi connectivity index (χ1v) is 10.5. The van der Waals surface area contributed by atoms with Gasteiger partial charge in [-0.1, -0.05) is 19.1 Å². The van der Waals surface area contributed by atoms with Crippen molar-refractivity contribution in [3.8, 4) is 0 Å². The van der Waals surface area contributed by atoms with Gasteiger partial charge in [0.25, 0.3) is 0 Å². The summed E-state index contributed by atoms with van der Waals surface area (Å²) in [4.78, 5) is 23.1. The molecule has 7 nitrogen and oxygen atoms in total. The van der Waals surface area contributed by atoms with Crippen LogP contribution < -0.4 is 0 Å². The van der Waals surface area contributed by atoms with Crippen molar-refractivity contribution in [1.29, 1.82) is 0 Å². The first-order valence-electron chi connectivity index (χ1n) is 10.5. The van der Waals surface area contributed by atoms with Crippen LogP contribution in [0.15, 0.2) is 29.0 Å². The van der Waals surface area contributed by atoms with E-state index in [4.69, 9.17) is 5.11 Å². The molecule has 8 heteroatoms. The predicted molar refractivity (Wildman–Crippen MR) is 105 cm³/mol. The highest BCUT2D eigenvalue weighted by molar-refractivity contribution is 5.92. The Morgan fingerprint density at radius 1 is 1.40 bits per heavy atom. The number of rotatable bonds is 4. The molecule has 164 valence electrons. The molecule has 0 radical (unpaired) electrons. The van der Waals surface area contributed by atoms with Crippen molar-refractivity contribution in [2.45, 2.75) is 69.2 Å². The smallest absolute Gasteiger partial charge is 0.303 e. The van der Waals surface area contributed by atoms with E-state index in [0.29, 0.717) is 12.0 Å². The summed E-state index contributed by atoms with van der Waals surface area (Å²) in [7, 11) is 0. The molecule has 0 spiro atoms. The van der Waals surface area contributed by atoms with Crippen LogP contribution >= 0.6 is 0 Å². The number of aliphatic hydroxyl groups is 2. The number of nitrogens with zero attached hydrogens (tertiary/aromatic N) is 1. The molecule has 30 heavy (non-hydrogen) atoms. The number of carboxylic acid groups (broad SMARTS) is 1. The molecule has 4 N–H and O–H groups in total. The molecular formula is C22H28FNO6. The molecule has 4 aliphatic rings. The zero-order valence-electron chi connectivity index (χ0n) is 16.9. The van der Waals surface area contributed by atoms with Crippen LogP contribution in [0.4, 0.5) is 4.39 Å². The van der Waals surface area contributed by atoms with Crippen molar-refractivity contribution in [2.24, 2.45) is 27.8 Å². The molecule has 7 atom stereocenters. The lowest BCUT2D eigenvalue weighted by atomic mass is 9.45. The standard InChI is InChI=1S/C22H28FNO6/c1-19-7-4-14(25)10-13(19)2-3-16-15-5-8-21(29,9-6-18(27)28)20(15,12-24-30)11-17(26)22(16,19)23/h2-3,10,12,15-17,26,29-30H,4-9,11H2,1H3,(H,27,28)/t15-,16-,17?,19-,20+,21-,22-/m0/s1. The molecule has 0 heterocycles. The van der Waals surface area contributed by atoms with E-state index in [9.17, 15) is 25.0 Å². The Morgan fingerprint density at radius 2 is 2.13 bits per heavy atom. The van der Waals surface area contributed by atoms with Crippen molar-refractivity contribution in [2.75, 3.05) is 0 Å². The van der Waals surface area contributed by atoms with E-state index < -0.39 is 46.0 Å². The molecule has 2 fully saturated rings. The summed E-state index contributed by atoms with van der Waals surface area (Å²) in [6.07, 6.45) is 5.13. The fraction of sp³-hybridized carbons (Fsp3) is 0.682. The third-order valence-corrected chi connectivity index (χ3v) is 8.53. The summed E-state index contributed by atoms with van der Waals surface area (Å²) in [5.74, 6) is -2.38. The van der Waals surface area contributed by atoms with Crippen molar-refractivity contribution in [3.63, 3.8) is 0 Å². The topological polar surface area (TPSA) is 127 Å². The minimum Gasteiger partial charge on any atom is -0.481 e. The number of carboxylic acids is 1. The average molecular weight is 421 g/mol. The fourth-order valence-corrected chi connectivity index (χ4v) is 6.88. The van der Waals surface area contributed by atoms with E-state index in [1.807, 2.05) is 0 Å². The Balaban J connectivity index is 1.83. The number of alkyl halides is 1. The van der Waals surface area contributed by atoms with Gasteiger partial charge in [-0.05, 0) is 49.7 Å². The van der Waals surface area contributed by atoms with Crippen LogP contribution in [0.5, 0.6) is 0 Å². The largest absolute Gasteiger partial charge is 0.481 e. The number of hydrogen-bond donors (Lipinski definition) is 4. The van der Waals surface area contributed by atoms with Gasteiger partial charge in [0.15, 0.2) is 11.5 Å². The monoisotopic (exact) mass is 421 g/mol. The lowest BCUT2D eigenvalue weighted by molar-refractivity contribution is -0.195. The molecular weight excluding hydrogens is 393 g/mol. The maximum absolute atomic E-state index is 16.9. The Morgan fingerprint density at radius 3 is 2.80 bits per heavy atom. The van der Waals surface area contributed by atoms with Gasteiger partial charge in [-0.3, -0.25) is 9.59 Å². The Hall–Kier alpha value is -2.06. The van der Waals surface area contributed by atoms with Crippen molar-refractivity contribution < 1.29 is 34.5 Å². The highest BCUT2D eigenvalue weighted by Crippen LogP contribution is 2.69. The van der Waals surface area contributed by atoms with Gasteiger partial charge < -0.3 is 20.5 Å². The molecule has 0 saturated heterocycles. The van der Waals surface area contributed by atoms with E-state index in [2.05, 4.69) is 5.16 Å². The number of carbonyl (C=O) groups is 2. The molecule has 4 aliphatic carbocycles. The lowest BCUT2D eigenvalue weighted by Gasteiger charge is -2.61. The quantitative estimate of drug-likeness (QED) is 0.314. The third-order valence-electron chi connectivity index (χ3n) is 8.53. The maximum atomic E-state index is 16.9. The zero-order chi connectivity index (χ0) is 21.9. The van der Waals surface area contributed by atoms with Crippen LogP contribution in [0, 0.1) is 22.7 Å². The molecule has 0 aromatic heterocycles. The molecule has 0 aromatic carbocycles. The van der Waals surface area contributed by atoms with Crippen LogP contribution in [0.25, 0.3) is 0 Å². The van der Waals surface area contributed by atoms with Gasteiger partial charge in [0, 0.05) is 29.6 Å². The molecule has 0 aromatic rings. The van der Waals surface area contributed by atoms with Gasteiger partial charge in [-0.15, -0.1) is 5.16 Å². The van der Waals surface area contributed by atoms with Crippen LogP contribution in [0.3, 0.4) is 0 Å². The van der Waals surface area contributed by atoms with Gasteiger partial charge in [-0.25, -0.2) is 4.39 Å². The third kappa shape index (κ3) is 2.52. The van der Waals surface area contributed by atoms with E-state index in [1.54, 1.807) is 19.1 Å². The second kappa shape index (κ2) is 6.72. The molecule has 2 saturated carbocycles. The van der Waals surface area contributed by atoms with Crippen molar-refractivity contribution >= 4 is 18.0 Å². The zero-order valence-corrected chi connectivity index (χ0v) is 16.9. The fourth-order valence-electron chi connectivity index (χ4n) is 6.88. The Labute approximate surface area is 174 Å².